The summed E-state index contributed by atoms with van der Waals surface area (Å²) >= 11 is 0. The van der Waals surface area contributed by atoms with Gasteiger partial charge in [-0.15, -0.1) is 0 Å². The highest BCUT2D eigenvalue weighted by Gasteiger charge is 2.59. The number of carboxylic acid groups (broad SMARTS) is 2. The highest BCUT2D eigenvalue weighted by atomic mass is 32.2. The lowest BCUT2D eigenvalue weighted by Gasteiger charge is -2.32. The van der Waals surface area contributed by atoms with E-state index in [9.17, 15) is 32.8 Å². The minimum absolute atomic E-state index is 0.284. The van der Waals surface area contributed by atoms with E-state index in [-0.39, 0.29) is 12.0 Å². The van der Waals surface area contributed by atoms with E-state index in [4.69, 9.17) is 0 Å². The standard InChI is InChI=1S/C18H18O7S/c19-16(20)15(11-13-7-3-1-4-8-13)18(17(21)22,26(23,24)25)12-14-9-5-2-6-10-14/h1-10,15H,11-12H2,(H,19,20)(H,21,22)(H,23,24,25). The maximum absolute atomic E-state index is 12.1. The first-order chi connectivity index (χ1) is 12.2. The van der Waals surface area contributed by atoms with E-state index in [0.717, 1.165) is 0 Å². The number of carboxylic acids is 2. The molecule has 0 aliphatic heterocycles. The highest BCUT2D eigenvalue weighted by molar-refractivity contribution is 7.88. The Balaban J connectivity index is 2.62. The lowest BCUT2D eigenvalue weighted by atomic mass is 9.81. The number of carbonyl (C=O) groups is 2. The number of aliphatic carboxylic acids is 2. The average Bonchev–Trinajstić information content (AvgIpc) is 2.58. The molecule has 26 heavy (non-hydrogen) atoms. The Labute approximate surface area is 150 Å². The lowest BCUT2D eigenvalue weighted by molar-refractivity contribution is -0.152. The van der Waals surface area contributed by atoms with Gasteiger partial charge in [0.2, 0.25) is 4.75 Å². The fraction of sp³-hybridized carbons (Fsp3) is 0.222. The predicted molar refractivity (Wildman–Crippen MR) is 93.3 cm³/mol. The number of rotatable bonds is 8. The summed E-state index contributed by atoms with van der Waals surface area (Å²) in [6.07, 6.45) is -1.04. The molecule has 0 saturated heterocycles. The van der Waals surface area contributed by atoms with Gasteiger partial charge in [0.25, 0.3) is 10.1 Å². The molecular formula is C18H18O7S. The average molecular weight is 378 g/mol. The molecule has 0 bridgehead atoms. The maximum atomic E-state index is 12.1. The van der Waals surface area contributed by atoms with Crippen molar-refractivity contribution < 1.29 is 32.8 Å². The Morgan fingerprint density at radius 2 is 1.35 bits per heavy atom. The number of hydrogen-bond donors (Lipinski definition) is 3. The fourth-order valence-corrected chi connectivity index (χ4v) is 4.04. The summed E-state index contributed by atoms with van der Waals surface area (Å²) in [5.41, 5.74) is 0.731. The zero-order valence-electron chi connectivity index (χ0n) is 13.6. The van der Waals surface area contributed by atoms with E-state index in [1.54, 1.807) is 48.5 Å². The minimum Gasteiger partial charge on any atom is -0.481 e. The van der Waals surface area contributed by atoms with Crippen LogP contribution in [0.25, 0.3) is 0 Å². The molecule has 0 aliphatic rings. The van der Waals surface area contributed by atoms with Crippen molar-refractivity contribution in [2.24, 2.45) is 5.92 Å². The van der Waals surface area contributed by atoms with Crippen molar-refractivity contribution in [2.45, 2.75) is 17.6 Å². The quantitative estimate of drug-likeness (QED) is 0.598. The van der Waals surface area contributed by atoms with Gasteiger partial charge in [-0.25, -0.2) is 0 Å². The van der Waals surface area contributed by atoms with Gasteiger partial charge in [-0.3, -0.25) is 14.1 Å². The van der Waals surface area contributed by atoms with E-state index in [1.807, 2.05) is 0 Å². The van der Waals surface area contributed by atoms with Crippen LogP contribution in [0.15, 0.2) is 60.7 Å². The zero-order chi connectivity index (χ0) is 19.4. The summed E-state index contributed by atoms with van der Waals surface area (Å²) in [5, 5.41) is 19.3. The number of benzene rings is 2. The van der Waals surface area contributed by atoms with Crippen LogP contribution < -0.4 is 0 Å². The first kappa shape index (κ1) is 19.6. The third kappa shape index (κ3) is 3.92. The summed E-state index contributed by atoms with van der Waals surface area (Å²) in [6.45, 7) is 0. The van der Waals surface area contributed by atoms with Crippen molar-refractivity contribution in [1.82, 2.24) is 0 Å². The summed E-state index contributed by atoms with van der Waals surface area (Å²) in [7, 11) is -5.27. The Hall–Kier alpha value is -2.71. The highest BCUT2D eigenvalue weighted by Crippen LogP contribution is 2.34. The van der Waals surface area contributed by atoms with Gasteiger partial charge in [-0.1, -0.05) is 60.7 Å². The zero-order valence-corrected chi connectivity index (χ0v) is 14.5. The Kier molecular flexibility index (Phi) is 5.79. The molecule has 0 aromatic heterocycles. The smallest absolute Gasteiger partial charge is 0.328 e. The molecule has 2 atom stereocenters. The molecule has 2 unspecified atom stereocenters. The van der Waals surface area contributed by atoms with Gasteiger partial charge in [-0.2, -0.15) is 8.42 Å². The second-order valence-electron chi connectivity index (χ2n) is 5.91. The van der Waals surface area contributed by atoms with Crippen LogP contribution in [0.3, 0.4) is 0 Å². The van der Waals surface area contributed by atoms with E-state index in [1.165, 1.54) is 12.1 Å². The topological polar surface area (TPSA) is 129 Å². The fourth-order valence-electron chi connectivity index (χ4n) is 2.93. The molecular weight excluding hydrogens is 360 g/mol. The molecule has 0 fully saturated rings. The van der Waals surface area contributed by atoms with Crippen molar-refractivity contribution in [1.29, 1.82) is 0 Å². The molecule has 8 heteroatoms. The normalized spacial score (nSPS) is 15.0. The van der Waals surface area contributed by atoms with Crippen LogP contribution in [0.2, 0.25) is 0 Å². The molecule has 3 N–H and O–H groups in total. The maximum Gasteiger partial charge on any atom is 0.328 e. The van der Waals surface area contributed by atoms with E-state index >= 15 is 0 Å². The van der Waals surface area contributed by atoms with Crippen molar-refractivity contribution in [3.05, 3.63) is 71.8 Å². The van der Waals surface area contributed by atoms with Crippen molar-refractivity contribution >= 4 is 22.1 Å². The monoisotopic (exact) mass is 378 g/mol. The first-order valence-electron chi connectivity index (χ1n) is 7.69. The van der Waals surface area contributed by atoms with Gasteiger partial charge in [0.15, 0.2) is 0 Å². The molecule has 0 radical (unpaired) electrons. The molecule has 2 aromatic rings. The number of hydrogen-bond acceptors (Lipinski definition) is 4. The Morgan fingerprint density at radius 3 is 1.73 bits per heavy atom. The van der Waals surface area contributed by atoms with Crippen LogP contribution in [-0.4, -0.2) is 39.9 Å². The summed E-state index contributed by atoms with van der Waals surface area (Å²) in [6, 6.07) is 15.8. The Morgan fingerprint density at radius 1 is 0.885 bits per heavy atom. The second kappa shape index (κ2) is 7.67. The molecule has 2 aromatic carbocycles. The van der Waals surface area contributed by atoms with Gasteiger partial charge in [0.05, 0.1) is 5.92 Å². The predicted octanol–water partition coefficient (Wildman–Crippen LogP) is 1.88. The summed E-state index contributed by atoms with van der Waals surface area (Å²) in [4.78, 5) is 23.9. The molecule has 138 valence electrons. The first-order valence-corrected chi connectivity index (χ1v) is 9.13. The van der Waals surface area contributed by atoms with Gasteiger partial charge in [0, 0.05) is 6.42 Å². The lowest BCUT2D eigenvalue weighted by Crippen LogP contribution is -2.57. The summed E-state index contributed by atoms with van der Waals surface area (Å²) in [5.74, 6) is -5.42. The van der Waals surface area contributed by atoms with Crippen LogP contribution in [-0.2, 0) is 32.5 Å². The SMILES string of the molecule is O=C(O)C(Cc1ccccc1)C(Cc1ccccc1)(C(=O)O)S(=O)(=O)O. The van der Waals surface area contributed by atoms with E-state index in [0.29, 0.717) is 5.56 Å². The van der Waals surface area contributed by atoms with Crippen LogP contribution in [0, 0.1) is 5.92 Å². The van der Waals surface area contributed by atoms with Gasteiger partial charge >= 0.3 is 11.9 Å². The molecule has 0 spiro atoms. The van der Waals surface area contributed by atoms with Gasteiger partial charge in [0.1, 0.15) is 0 Å². The Bertz CT molecular complexity index is 878. The van der Waals surface area contributed by atoms with Crippen LogP contribution in [0.4, 0.5) is 0 Å². The van der Waals surface area contributed by atoms with Crippen LogP contribution >= 0.6 is 0 Å². The van der Waals surface area contributed by atoms with E-state index in [2.05, 4.69) is 0 Å². The van der Waals surface area contributed by atoms with Crippen molar-refractivity contribution in [2.75, 3.05) is 0 Å². The van der Waals surface area contributed by atoms with Crippen LogP contribution in [0.5, 0.6) is 0 Å². The van der Waals surface area contributed by atoms with Crippen LogP contribution in [0.1, 0.15) is 11.1 Å². The van der Waals surface area contributed by atoms with E-state index < -0.39 is 39.1 Å². The largest absolute Gasteiger partial charge is 0.481 e. The molecule has 0 aliphatic carbocycles. The molecule has 2 rings (SSSR count). The summed E-state index contributed by atoms with van der Waals surface area (Å²) < 4.78 is 31.2. The molecule has 7 nitrogen and oxygen atoms in total. The van der Waals surface area contributed by atoms with Crippen molar-refractivity contribution in [3.8, 4) is 0 Å². The third-order valence-corrected chi connectivity index (χ3v) is 5.80. The molecule has 0 heterocycles. The van der Waals surface area contributed by atoms with Crippen molar-refractivity contribution in [3.63, 3.8) is 0 Å². The van der Waals surface area contributed by atoms with Gasteiger partial charge in [-0.05, 0) is 17.5 Å². The third-order valence-electron chi connectivity index (χ3n) is 4.28. The molecule has 0 amide bonds. The minimum atomic E-state index is -5.27. The molecule has 0 saturated carbocycles. The van der Waals surface area contributed by atoms with Gasteiger partial charge < -0.3 is 10.2 Å². The second-order valence-corrected chi connectivity index (χ2v) is 7.59.